The van der Waals surface area contributed by atoms with Crippen LogP contribution < -0.4 is 10.6 Å². The second kappa shape index (κ2) is 8.38. The van der Waals surface area contributed by atoms with Gasteiger partial charge in [-0.25, -0.2) is 0 Å². The Labute approximate surface area is 85.0 Å². The van der Waals surface area contributed by atoms with Gasteiger partial charge < -0.3 is 10.6 Å². The molecule has 0 spiro atoms. The molecule has 1 atom stereocenters. The van der Waals surface area contributed by atoms with Gasteiger partial charge in [-0.15, -0.1) is 0 Å². The quantitative estimate of drug-likeness (QED) is 0.604. The van der Waals surface area contributed by atoms with Crippen LogP contribution in [-0.4, -0.2) is 37.6 Å². The number of carbonyl (C=O) groups excluding carboxylic acids is 1. The zero-order valence-electron chi connectivity index (χ0n) is 8.72. The fraction of sp³-hybridized carbons (Fsp3) is 0.889. The number of amides is 1. The van der Waals surface area contributed by atoms with E-state index in [1.54, 1.807) is 7.05 Å². The smallest absolute Gasteiger partial charge is 0.219 e. The maximum absolute atomic E-state index is 10.8. The Hall–Kier alpha value is -0.220. The van der Waals surface area contributed by atoms with Gasteiger partial charge in [0.25, 0.3) is 0 Å². The average Bonchev–Trinajstić information content (AvgIpc) is 2.12. The van der Waals surface area contributed by atoms with Crippen molar-refractivity contribution in [2.45, 2.75) is 25.8 Å². The predicted octanol–water partition coefficient (Wildman–Crippen LogP) is 0.854. The number of hydrogen-bond donors (Lipinski definition) is 2. The first-order chi connectivity index (χ1) is 6.20. The van der Waals surface area contributed by atoms with Crippen molar-refractivity contribution >= 4 is 17.7 Å². The van der Waals surface area contributed by atoms with E-state index >= 15 is 0 Å². The molecule has 1 amide bonds. The molecule has 3 nitrogen and oxygen atoms in total. The molecule has 2 N–H and O–H groups in total. The Balaban J connectivity index is 3.20. The number of carbonyl (C=O) groups is 1. The van der Waals surface area contributed by atoms with E-state index in [0.717, 1.165) is 18.7 Å². The van der Waals surface area contributed by atoms with Crippen molar-refractivity contribution in [2.24, 2.45) is 0 Å². The van der Waals surface area contributed by atoms with Crippen LogP contribution in [0.25, 0.3) is 0 Å². The Bertz CT molecular complexity index is 142. The zero-order chi connectivity index (χ0) is 10.1. The van der Waals surface area contributed by atoms with Crippen molar-refractivity contribution in [1.29, 1.82) is 0 Å². The lowest BCUT2D eigenvalue weighted by atomic mass is 10.3. The Kier molecular flexibility index (Phi) is 8.24. The highest BCUT2D eigenvalue weighted by atomic mass is 32.2. The summed E-state index contributed by atoms with van der Waals surface area (Å²) < 4.78 is 0. The van der Waals surface area contributed by atoms with Crippen LogP contribution in [0, 0.1) is 0 Å². The molecule has 0 fully saturated rings. The highest BCUT2D eigenvalue weighted by Gasteiger charge is 2.00. The highest BCUT2D eigenvalue weighted by molar-refractivity contribution is 7.98. The highest BCUT2D eigenvalue weighted by Crippen LogP contribution is 1.96. The van der Waals surface area contributed by atoms with Crippen LogP contribution in [0.5, 0.6) is 0 Å². The summed E-state index contributed by atoms with van der Waals surface area (Å²) in [5.41, 5.74) is 0. The minimum absolute atomic E-state index is 0.124. The summed E-state index contributed by atoms with van der Waals surface area (Å²) in [6.07, 6.45) is 3.64. The van der Waals surface area contributed by atoms with Crippen LogP contribution in [0.1, 0.15) is 19.8 Å². The van der Waals surface area contributed by atoms with Gasteiger partial charge in [0.05, 0.1) is 0 Å². The molecule has 0 rings (SSSR count). The average molecular weight is 204 g/mol. The number of rotatable bonds is 7. The van der Waals surface area contributed by atoms with E-state index in [1.165, 1.54) is 0 Å². The van der Waals surface area contributed by atoms with Gasteiger partial charge in [-0.3, -0.25) is 4.79 Å². The molecule has 13 heavy (non-hydrogen) atoms. The topological polar surface area (TPSA) is 41.1 Å². The van der Waals surface area contributed by atoms with E-state index in [2.05, 4.69) is 23.8 Å². The summed E-state index contributed by atoms with van der Waals surface area (Å²) in [6.45, 7) is 3.09. The third kappa shape index (κ3) is 8.12. The maximum atomic E-state index is 10.8. The summed E-state index contributed by atoms with van der Waals surface area (Å²) >= 11 is 1.84. The molecule has 0 bridgehead atoms. The van der Waals surface area contributed by atoms with Crippen LogP contribution in [0.3, 0.4) is 0 Å². The lowest BCUT2D eigenvalue weighted by Crippen LogP contribution is -2.30. The molecule has 0 aliphatic carbocycles. The molecule has 4 heteroatoms. The number of nitrogens with one attached hydrogen (secondary N) is 2. The lowest BCUT2D eigenvalue weighted by molar-refractivity contribution is -0.120. The summed E-state index contributed by atoms with van der Waals surface area (Å²) in [6, 6.07) is 0.541. The van der Waals surface area contributed by atoms with Gasteiger partial charge in [-0.05, 0) is 26.1 Å². The van der Waals surface area contributed by atoms with Gasteiger partial charge >= 0.3 is 0 Å². The molecular weight excluding hydrogens is 184 g/mol. The monoisotopic (exact) mass is 204 g/mol. The summed E-state index contributed by atoms with van der Waals surface area (Å²) in [7, 11) is 1.67. The third-order valence-electron chi connectivity index (χ3n) is 1.77. The van der Waals surface area contributed by atoms with Crippen molar-refractivity contribution < 1.29 is 4.79 Å². The van der Waals surface area contributed by atoms with Crippen molar-refractivity contribution in [2.75, 3.05) is 25.6 Å². The van der Waals surface area contributed by atoms with Crippen molar-refractivity contribution in [1.82, 2.24) is 10.6 Å². The molecule has 0 aromatic carbocycles. The molecule has 0 saturated heterocycles. The van der Waals surface area contributed by atoms with Crippen LogP contribution in [0.15, 0.2) is 0 Å². The van der Waals surface area contributed by atoms with Crippen LogP contribution in [-0.2, 0) is 4.79 Å². The lowest BCUT2D eigenvalue weighted by Gasteiger charge is -2.11. The Morgan fingerprint density at radius 2 is 2.23 bits per heavy atom. The molecule has 0 saturated carbocycles. The molecule has 1 unspecified atom stereocenters. The fourth-order valence-electron chi connectivity index (χ4n) is 1.03. The first kappa shape index (κ1) is 12.8. The minimum atomic E-state index is 0.124. The SMILES string of the molecule is CNC(=O)CCCNC(C)CSC. The molecule has 78 valence electrons. The number of thioether (sulfide) groups is 1. The summed E-state index contributed by atoms with van der Waals surface area (Å²) in [5.74, 6) is 1.25. The first-order valence-corrected chi connectivity index (χ1v) is 6.03. The van der Waals surface area contributed by atoms with Gasteiger partial charge in [0.15, 0.2) is 0 Å². The van der Waals surface area contributed by atoms with Crippen LogP contribution in [0.4, 0.5) is 0 Å². The minimum Gasteiger partial charge on any atom is -0.359 e. The van der Waals surface area contributed by atoms with E-state index in [1.807, 2.05) is 11.8 Å². The third-order valence-corrected chi connectivity index (χ3v) is 2.60. The molecule has 0 heterocycles. The van der Waals surface area contributed by atoms with Crippen molar-refractivity contribution in [3.05, 3.63) is 0 Å². The summed E-state index contributed by atoms with van der Waals surface area (Å²) in [5, 5.41) is 5.97. The predicted molar refractivity (Wildman–Crippen MR) is 59.1 cm³/mol. The Morgan fingerprint density at radius 3 is 2.77 bits per heavy atom. The van der Waals surface area contributed by atoms with Gasteiger partial charge in [-0.1, -0.05) is 0 Å². The van der Waals surface area contributed by atoms with Gasteiger partial charge in [0.1, 0.15) is 0 Å². The first-order valence-electron chi connectivity index (χ1n) is 4.63. The Morgan fingerprint density at radius 1 is 1.54 bits per heavy atom. The van der Waals surface area contributed by atoms with Gasteiger partial charge in [0, 0.05) is 25.3 Å². The van der Waals surface area contributed by atoms with E-state index in [0.29, 0.717) is 12.5 Å². The molecular formula is C9H20N2OS. The van der Waals surface area contributed by atoms with E-state index in [4.69, 9.17) is 0 Å². The summed E-state index contributed by atoms with van der Waals surface area (Å²) in [4.78, 5) is 10.8. The molecule has 0 aromatic heterocycles. The van der Waals surface area contributed by atoms with Crippen molar-refractivity contribution in [3.8, 4) is 0 Å². The normalized spacial score (nSPS) is 12.5. The largest absolute Gasteiger partial charge is 0.359 e. The van der Waals surface area contributed by atoms with E-state index in [9.17, 15) is 4.79 Å². The molecule has 0 aromatic rings. The standard InChI is InChI=1S/C9H20N2OS/c1-8(7-13-3)11-6-4-5-9(12)10-2/h8,11H,4-7H2,1-3H3,(H,10,12). The van der Waals surface area contributed by atoms with E-state index in [-0.39, 0.29) is 5.91 Å². The van der Waals surface area contributed by atoms with E-state index < -0.39 is 0 Å². The zero-order valence-corrected chi connectivity index (χ0v) is 9.54. The van der Waals surface area contributed by atoms with Crippen molar-refractivity contribution in [3.63, 3.8) is 0 Å². The van der Waals surface area contributed by atoms with Gasteiger partial charge in [-0.2, -0.15) is 11.8 Å². The molecule has 0 aliphatic heterocycles. The van der Waals surface area contributed by atoms with Crippen LogP contribution in [0.2, 0.25) is 0 Å². The van der Waals surface area contributed by atoms with Gasteiger partial charge in [0.2, 0.25) is 5.91 Å². The second-order valence-electron chi connectivity index (χ2n) is 3.09. The molecule has 0 radical (unpaired) electrons. The second-order valence-corrected chi connectivity index (χ2v) is 4.00. The molecule has 0 aliphatic rings. The van der Waals surface area contributed by atoms with Crippen LogP contribution >= 0.6 is 11.8 Å². The fourth-order valence-corrected chi connectivity index (χ4v) is 1.65. The number of hydrogen-bond acceptors (Lipinski definition) is 3. The maximum Gasteiger partial charge on any atom is 0.219 e.